The van der Waals surface area contributed by atoms with Crippen LogP contribution >= 0.6 is 0 Å². The predicted octanol–water partition coefficient (Wildman–Crippen LogP) is 1.36. The summed E-state index contributed by atoms with van der Waals surface area (Å²) in [6.07, 6.45) is 0. The first-order valence-corrected chi connectivity index (χ1v) is 4.72. The molecule has 0 amide bonds. The minimum Gasteiger partial charge on any atom is -0.383 e. The Morgan fingerprint density at radius 2 is 1.44 bits per heavy atom. The SMILES string of the molecule is COC1(OC)N=C(N)c2c(F)c(F)c(F)c(F)c21. The second kappa shape index (κ2) is 3.92. The van der Waals surface area contributed by atoms with Gasteiger partial charge in [0.05, 0.1) is 11.1 Å². The van der Waals surface area contributed by atoms with Gasteiger partial charge >= 0.3 is 5.91 Å². The number of nitrogens with zero attached hydrogens (tertiary/aromatic N) is 1. The number of methoxy groups -OCH3 is 2. The second-order valence-electron chi connectivity index (χ2n) is 3.49. The maximum absolute atomic E-state index is 13.7. The summed E-state index contributed by atoms with van der Waals surface area (Å²) in [5.41, 5.74) is 3.94. The van der Waals surface area contributed by atoms with Crippen LogP contribution < -0.4 is 5.73 Å². The van der Waals surface area contributed by atoms with Gasteiger partial charge in [-0.3, -0.25) is 0 Å². The molecule has 1 aromatic rings. The molecule has 1 aromatic carbocycles. The minimum absolute atomic E-state index is 0.538. The third kappa shape index (κ3) is 1.36. The Bertz CT molecular complexity index is 556. The summed E-state index contributed by atoms with van der Waals surface area (Å²) in [4.78, 5) is 3.57. The minimum atomic E-state index is -2.11. The average Bonchev–Trinajstić information content (AvgIpc) is 2.67. The molecule has 18 heavy (non-hydrogen) atoms. The van der Waals surface area contributed by atoms with Crippen molar-refractivity contribution >= 4 is 5.84 Å². The van der Waals surface area contributed by atoms with E-state index in [1.54, 1.807) is 0 Å². The van der Waals surface area contributed by atoms with Crippen molar-refractivity contribution < 1.29 is 27.0 Å². The van der Waals surface area contributed by atoms with E-state index < -0.39 is 46.1 Å². The van der Waals surface area contributed by atoms with Crippen molar-refractivity contribution in [1.82, 2.24) is 0 Å². The molecule has 1 aliphatic heterocycles. The number of nitrogens with two attached hydrogens (primary N) is 1. The predicted molar refractivity (Wildman–Crippen MR) is 52.7 cm³/mol. The highest BCUT2D eigenvalue weighted by Crippen LogP contribution is 2.40. The topological polar surface area (TPSA) is 56.8 Å². The van der Waals surface area contributed by atoms with Crippen LogP contribution in [0.25, 0.3) is 0 Å². The van der Waals surface area contributed by atoms with Crippen molar-refractivity contribution in [3.63, 3.8) is 0 Å². The Balaban J connectivity index is 2.88. The molecule has 1 aliphatic rings. The van der Waals surface area contributed by atoms with E-state index >= 15 is 0 Å². The Labute approximate surface area is 99.0 Å². The molecule has 0 saturated carbocycles. The third-order valence-electron chi connectivity index (χ3n) is 2.66. The highest BCUT2D eigenvalue weighted by molar-refractivity contribution is 6.02. The van der Waals surface area contributed by atoms with Gasteiger partial charge in [0.2, 0.25) is 0 Å². The van der Waals surface area contributed by atoms with Crippen LogP contribution in [0.15, 0.2) is 4.99 Å². The standard InChI is InChI=1S/C10H8F4N2O2/c1-17-10(18-2)4-3(9(15)16-10)5(11)7(13)8(14)6(4)12/h1-2H3,(H2,15,16). The fraction of sp³-hybridized carbons (Fsp3) is 0.300. The van der Waals surface area contributed by atoms with Gasteiger partial charge in [0.1, 0.15) is 5.84 Å². The molecule has 0 saturated heterocycles. The quantitative estimate of drug-likeness (QED) is 0.380. The van der Waals surface area contributed by atoms with Gasteiger partial charge in [0.15, 0.2) is 23.3 Å². The lowest BCUT2D eigenvalue weighted by molar-refractivity contribution is -0.208. The zero-order valence-corrected chi connectivity index (χ0v) is 9.35. The molecule has 0 fully saturated rings. The molecule has 0 atom stereocenters. The molecule has 8 heteroatoms. The molecule has 0 bridgehead atoms. The maximum Gasteiger partial charge on any atom is 0.303 e. The molecule has 0 radical (unpaired) electrons. The van der Waals surface area contributed by atoms with Crippen molar-refractivity contribution in [2.75, 3.05) is 14.2 Å². The van der Waals surface area contributed by atoms with Crippen molar-refractivity contribution in [2.45, 2.75) is 5.91 Å². The van der Waals surface area contributed by atoms with E-state index in [0.717, 1.165) is 14.2 Å². The summed E-state index contributed by atoms with van der Waals surface area (Å²) in [6.45, 7) is 0. The van der Waals surface area contributed by atoms with E-state index in [0.29, 0.717) is 0 Å². The van der Waals surface area contributed by atoms with Gasteiger partial charge in [0.25, 0.3) is 0 Å². The van der Waals surface area contributed by atoms with Crippen LogP contribution in [0.1, 0.15) is 11.1 Å². The lowest BCUT2D eigenvalue weighted by Gasteiger charge is -2.23. The van der Waals surface area contributed by atoms with Gasteiger partial charge in [-0.05, 0) is 0 Å². The van der Waals surface area contributed by atoms with Crippen LogP contribution in [0.4, 0.5) is 17.6 Å². The smallest absolute Gasteiger partial charge is 0.303 e. The summed E-state index contributed by atoms with van der Waals surface area (Å²) in [5.74, 6) is -9.89. The van der Waals surface area contributed by atoms with Crippen LogP contribution in [0.5, 0.6) is 0 Å². The molecule has 2 N–H and O–H groups in total. The largest absolute Gasteiger partial charge is 0.383 e. The number of rotatable bonds is 2. The normalized spacial score (nSPS) is 16.7. The van der Waals surface area contributed by atoms with E-state index in [4.69, 9.17) is 15.2 Å². The first-order valence-electron chi connectivity index (χ1n) is 4.72. The van der Waals surface area contributed by atoms with Gasteiger partial charge in [0, 0.05) is 14.2 Å². The van der Waals surface area contributed by atoms with Gasteiger partial charge in [-0.2, -0.15) is 0 Å². The highest BCUT2D eigenvalue weighted by atomic mass is 19.2. The molecule has 2 rings (SSSR count). The van der Waals surface area contributed by atoms with E-state index in [2.05, 4.69) is 4.99 Å². The number of amidine groups is 1. The maximum atomic E-state index is 13.7. The van der Waals surface area contributed by atoms with E-state index in [1.165, 1.54) is 0 Å². The van der Waals surface area contributed by atoms with E-state index in [1.807, 2.05) is 0 Å². The monoisotopic (exact) mass is 264 g/mol. The summed E-state index contributed by atoms with van der Waals surface area (Å²) < 4.78 is 63.1. The third-order valence-corrected chi connectivity index (χ3v) is 2.66. The van der Waals surface area contributed by atoms with Crippen molar-refractivity contribution in [3.8, 4) is 0 Å². The summed E-state index contributed by atoms with van der Waals surface area (Å²) in [5, 5.41) is 0. The zero-order valence-electron chi connectivity index (χ0n) is 9.35. The van der Waals surface area contributed by atoms with Crippen molar-refractivity contribution in [2.24, 2.45) is 10.7 Å². The number of benzene rings is 1. The summed E-state index contributed by atoms with van der Waals surface area (Å²) in [7, 11) is 2.15. The fourth-order valence-corrected chi connectivity index (χ4v) is 1.82. The summed E-state index contributed by atoms with van der Waals surface area (Å²) in [6, 6.07) is 0. The highest BCUT2D eigenvalue weighted by Gasteiger charge is 2.47. The fourth-order valence-electron chi connectivity index (χ4n) is 1.82. The van der Waals surface area contributed by atoms with Gasteiger partial charge < -0.3 is 15.2 Å². The Morgan fingerprint density at radius 1 is 0.944 bits per heavy atom. The van der Waals surface area contributed by atoms with Crippen molar-refractivity contribution in [3.05, 3.63) is 34.4 Å². The summed E-state index contributed by atoms with van der Waals surface area (Å²) >= 11 is 0. The molecule has 1 heterocycles. The Hall–Kier alpha value is -1.67. The lowest BCUT2D eigenvalue weighted by atomic mass is 10.0. The number of fused-ring (bicyclic) bond motifs is 1. The molecule has 0 aliphatic carbocycles. The molecule has 0 spiro atoms. The van der Waals surface area contributed by atoms with Gasteiger partial charge in [-0.1, -0.05) is 0 Å². The van der Waals surface area contributed by atoms with Crippen LogP contribution in [-0.2, 0) is 15.4 Å². The van der Waals surface area contributed by atoms with E-state index in [9.17, 15) is 17.6 Å². The van der Waals surface area contributed by atoms with Crippen LogP contribution in [0.2, 0.25) is 0 Å². The first-order chi connectivity index (χ1) is 8.39. The molecule has 0 aromatic heterocycles. The van der Waals surface area contributed by atoms with Crippen LogP contribution in [0, 0.1) is 23.3 Å². The zero-order chi connectivity index (χ0) is 13.7. The van der Waals surface area contributed by atoms with Gasteiger partial charge in [-0.15, -0.1) is 0 Å². The average molecular weight is 264 g/mol. The first kappa shape index (κ1) is 12.8. The van der Waals surface area contributed by atoms with E-state index in [-0.39, 0.29) is 0 Å². The lowest BCUT2D eigenvalue weighted by Crippen LogP contribution is -2.28. The molecular weight excluding hydrogens is 256 g/mol. The van der Waals surface area contributed by atoms with Crippen molar-refractivity contribution in [1.29, 1.82) is 0 Å². The number of hydrogen-bond donors (Lipinski definition) is 1. The molecule has 0 unspecified atom stereocenters. The number of aliphatic imine (C=N–C) groups is 1. The Kier molecular flexibility index (Phi) is 2.78. The second-order valence-corrected chi connectivity index (χ2v) is 3.49. The Morgan fingerprint density at radius 3 is 1.94 bits per heavy atom. The number of halogens is 4. The number of hydrogen-bond acceptors (Lipinski definition) is 4. The molecule has 98 valence electrons. The molecule has 4 nitrogen and oxygen atoms in total. The van der Waals surface area contributed by atoms with Gasteiger partial charge in [-0.25, -0.2) is 22.6 Å². The van der Waals surface area contributed by atoms with Crippen LogP contribution in [-0.4, -0.2) is 20.1 Å². The van der Waals surface area contributed by atoms with Crippen LogP contribution in [0.3, 0.4) is 0 Å². The number of ether oxygens (including phenoxy) is 2. The molecular formula is C10H8F4N2O2.